The van der Waals surface area contributed by atoms with Gasteiger partial charge in [-0.25, -0.2) is 9.37 Å². The summed E-state index contributed by atoms with van der Waals surface area (Å²) < 4.78 is 19.0. The summed E-state index contributed by atoms with van der Waals surface area (Å²) in [6.45, 7) is 5.45. The zero-order valence-electron chi connectivity index (χ0n) is 14.3. The van der Waals surface area contributed by atoms with Crippen LogP contribution in [0.4, 0.5) is 4.39 Å². The molecule has 1 aromatic carbocycles. The molecule has 1 amide bonds. The molecule has 8 heteroatoms. The number of nitrogens with one attached hydrogen (secondary N) is 1. The minimum Gasteiger partial charge on any atom is -0.368 e. The number of primary amides is 1. The van der Waals surface area contributed by atoms with Crippen LogP contribution in [0.1, 0.15) is 49.1 Å². The third-order valence-corrected chi connectivity index (χ3v) is 4.26. The van der Waals surface area contributed by atoms with Gasteiger partial charge in [0.05, 0.1) is 6.61 Å². The van der Waals surface area contributed by atoms with Gasteiger partial charge in [-0.05, 0) is 17.7 Å². The van der Waals surface area contributed by atoms with Crippen molar-refractivity contribution in [3.8, 4) is 0 Å². The van der Waals surface area contributed by atoms with E-state index in [1.807, 2.05) is 18.7 Å². The van der Waals surface area contributed by atoms with Gasteiger partial charge in [0, 0.05) is 19.0 Å². The zero-order chi connectivity index (χ0) is 18.0. The molecule has 7 nitrogen and oxygen atoms in total. The summed E-state index contributed by atoms with van der Waals surface area (Å²) in [6.07, 6.45) is -0.323. The average Bonchev–Trinajstić information content (AvgIpc) is 3.07. The van der Waals surface area contributed by atoms with Gasteiger partial charge in [-0.2, -0.15) is 5.10 Å². The number of nitrogens with zero attached hydrogens (tertiary/aromatic N) is 3. The Morgan fingerprint density at radius 3 is 2.72 bits per heavy atom. The molecule has 3 rings (SSSR count). The van der Waals surface area contributed by atoms with Crippen LogP contribution in [0.5, 0.6) is 0 Å². The summed E-state index contributed by atoms with van der Waals surface area (Å²) in [6, 6.07) is 5.18. The Morgan fingerprint density at radius 1 is 1.40 bits per heavy atom. The summed E-state index contributed by atoms with van der Waals surface area (Å²) in [5, 5.41) is 7.11. The standard InChI is InChI=1S/C17H22FN5O2/c1-10(2)16-20-17(22-21-16)13-9-23(7-8-25-13)14(15(19)24)11-3-5-12(18)6-4-11/h3-6,10,13-14H,7-9H2,1-2H3,(H2,19,24)(H,20,21,22)/t13-,14-/m1/s1. The topological polar surface area (TPSA) is 97.1 Å². The Balaban J connectivity index is 1.80. The number of rotatable bonds is 5. The van der Waals surface area contributed by atoms with Crippen LogP contribution in [0, 0.1) is 5.82 Å². The fourth-order valence-electron chi connectivity index (χ4n) is 2.96. The first-order chi connectivity index (χ1) is 12.0. The first kappa shape index (κ1) is 17.5. The van der Waals surface area contributed by atoms with Crippen molar-refractivity contribution in [2.45, 2.75) is 31.9 Å². The fourth-order valence-corrected chi connectivity index (χ4v) is 2.96. The summed E-state index contributed by atoms with van der Waals surface area (Å²) in [7, 11) is 0. The minimum absolute atomic E-state index is 0.210. The van der Waals surface area contributed by atoms with Gasteiger partial charge in [0.1, 0.15) is 18.0 Å². The van der Waals surface area contributed by atoms with E-state index in [2.05, 4.69) is 15.2 Å². The second kappa shape index (κ2) is 7.28. The number of hydrogen-bond acceptors (Lipinski definition) is 5. The number of morpholine rings is 1. The van der Waals surface area contributed by atoms with Gasteiger partial charge in [0.15, 0.2) is 11.6 Å². The number of halogens is 1. The second-order valence-electron chi connectivity index (χ2n) is 6.44. The quantitative estimate of drug-likeness (QED) is 0.857. The highest BCUT2D eigenvalue weighted by atomic mass is 19.1. The number of nitrogens with two attached hydrogens (primary N) is 1. The molecule has 134 valence electrons. The van der Waals surface area contributed by atoms with Crippen molar-refractivity contribution in [3.63, 3.8) is 0 Å². The molecule has 1 aliphatic heterocycles. The lowest BCUT2D eigenvalue weighted by atomic mass is 10.0. The van der Waals surface area contributed by atoms with Crippen LogP contribution in [-0.4, -0.2) is 45.7 Å². The third kappa shape index (κ3) is 3.85. The molecule has 2 aromatic rings. The molecule has 0 bridgehead atoms. The van der Waals surface area contributed by atoms with Gasteiger partial charge in [-0.3, -0.25) is 14.8 Å². The predicted octanol–water partition coefficient (Wildman–Crippen LogP) is 1.67. The van der Waals surface area contributed by atoms with E-state index < -0.39 is 11.9 Å². The molecule has 1 saturated heterocycles. The fraction of sp³-hybridized carbons (Fsp3) is 0.471. The van der Waals surface area contributed by atoms with Crippen LogP contribution in [0.3, 0.4) is 0 Å². The van der Waals surface area contributed by atoms with E-state index in [1.165, 1.54) is 12.1 Å². The lowest BCUT2D eigenvalue weighted by molar-refractivity contribution is -0.127. The summed E-state index contributed by atoms with van der Waals surface area (Å²) >= 11 is 0. The van der Waals surface area contributed by atoms with E-state index in [1.54, 1.807) is 12.1 Å². The first-order valence-corrected chi connectivity index (χ1v) is 8.28. The molecule has 3 N–H and O–H groups in total. The number of carbonyl (C=O) groups excluding carboxylic acids is 1. The Bertz CT molecular complexity index is 731. The molecule has 1 aliphatic rings. The van der Waals surface area contributed by atoms with Crippen LogP contribution >= 0.6 is 0 Å². The van der Waals surface area contributed by atoms with Crippen molar-refractivity contribution in [3.05, 3.63) is 47.3 Å². The summed E-state index contributed by atoms with van der Waals surface area (Å²) in [5.41, 5.74) is 6.28. The van der Waals surface area contributed by atoms with Crippen LogP contribution in [0.15, 0.2) is 24.3 Å². The maximum atomic E-state index is 13.2. The third-order valence-electron chi connectivity index (χ3n) is 4.26. The molecule has 0 unspecified atom stereocenters. The lowest BCUT2D eigenvalue weighted by Crippen LogP contribution is -2.45. The molecule has 2 heterocycles. The normalized spacial score (nSPS) is 19.9. The molecule has 1 fully saturated rings. The highest BCUT2D eigenvalue weighted by molar-refractivity contribution is 5.81. The lowest BCUT2D eigenvalue weighted by Gasteiger charge is -2.36. The van der Waals surface area contributed by atoms with Crippen molar-refractivity contribution >= 4 is 5.91 Å². The Kier molecular flexibility index (Phi) is 5.10. The van der Waals surface area contributed by atoms with Gasteiger partial charge in [-0.1, -0.05) is 26.0 Å². The zero-order valence-corrected chi connectivity index (χ0v) is 14.3. The molecule has 2 atom stereocenters. The van der Waals surface area contributed by atoms with Gasteiger partial charge in [-0.15, -0.1) is 0 Å². The van der Waals surface area contributed by atoms with Crippen LogP contribution in [0.2, 0.25) is 0 Å². The van der Waals surface area contributed by atoms with E-state index in [-0.39, 0.29) is 17.8 Å². The number of ether oxygens (including phenoxy) is 1. The van der Waals surface area contributed by atoms with Crippen molar-refractivity contribution < 1.29 is 13.9 Å². The number of hydrogen-bond donors (Lipinski definition) is 2. The van der Waals surface area contributed by atoms with E-state index >= 15 is 0 Å². The van der Waals surface area contributed by atoms with Crippen LogP contribution in [-0.2, 0) is 9.53 Å². The molecular formula is C17H22FN5O2. The molecule has 1 aromatic heterocycles. The van der Waals surface area contributed by atoms with E-state index in [0.29, 0.717) is 31.1 Å². The van der Waals surface area contributed by atoms with Crippen LogP contribution < -0.4 is 5.73 Å². The van der Waals surface area contributed by atoms with Crippen molar-refractivity contribution in [2.24, 2.45) is 5.73 Å². The Labute approximate surface area is 145 Å². The average molecular weight is 347 g/mol. The Morgan fingerprint density at radius 2 is 2.12 bits per heavy atom. The van der Waals surface area contributed by atoms with Crippen molar-refractivity contribution in [1.29, 1.82) is 0 Å². The summed E-state index contributed by atoms with van der Waals surface area (Å²) in [4.78, 5) is 18.4. The van der Waals surface area contributed by atoms with Gasteiger partial charge in [0.2, 0.25) is 5.91 Å². The van der Waals surface area contributed by atoms with E-state index in [4.69, 9.17) is 10.5 Å². The predicted molar refractivity (Wildman–Crippen MR) is 89.1 cm³/mol. The van der Waals surface area contributed by atoms with Gasteiger partial charge < -0.3 is 10.5 Å². The first-order valence-electron chi connectivity index (χ1n) is 8.28. The molecule has 0 saturated carbocycles. The second-order valence-corrected chi connectivity index (χ2v) is 6.44. The Hall–Kier alpha value is -2.32. The number of amides is 1. The number of H-pyrrole nitrogens is 1. The molecular weight excluding hydrogens is 325 g/mol. The number of aromatic amines is 1. The minimum atomic E-state index is -0.639. The van der Waals surface area contributed by atoms with Gasteiger partial charge in [0.25, 0.3) is 0 Å². The van der Waals surface area contributed by atoms with Crippen LogP contribution in [0.25, 0.3) is 0 Å². The van der Waals surface area contributed by atoms with E-state index in [0.717, 1.165) is 5.82 Å². The SMILES string of the molecule is CC(C)c1n[nH]c([C@H]2CN([C@@H](C(N)=O)c3ccc(F)cc3)CCO2)n1. The maximum absolute atomic E-state index is 13.2. The number of benzene rings is 1. The highest BCUT2D eigenvalue weighted by Gasteiger charge is 2.33. The number of carbonyl (C=O) groups is 1. The van der Waals surface area contributed by atoms with Crippen molar-refractivity contribution in [1.82, 2.24) is 20.1 Å². The number of aromatic nitrogens is 3. The van der Waals surface area contributed by atoms with E-state index in [9.17, 15) is 9.18 Å². The van der Waals surface area contributed by atoms with Gasteiger partial charge >= 0.3 is 0 Å². The largest absolute Gasteiger partial charge is 0.368 e. The highest BCUT2D eigenvalue weighted by Crippen LogP contribution is 2.28. The molecule has 0 radical (unpaired) electrons. The summed E-state index contributed by atoms with van der Waals surface area (Å²) in [5.74, 6) is 0.737. The van der Waals surface area contributed by atoms with Crippen molar-refractivity contribution in [2.75, 3.05) is 19.7 Å². The molecule has 0 spiro atoms. The molecule has 0 aliphatic carbocycles. The maximum Gasteiger partial charge on any atom is 0.239 e. The monoisotopic (exact) mass is 347 g/mol. The smallest absolute Gasteiger partial charge is 0.239 e. The molecule has 25 heavy (non-hydrogen) atoms.